The summed E-state index contributed by atoms with van der Waals surface area (Å²) in [7, 11) is 0. The minimum absolute atomic E-state index is 0.157. The third-order valence-corrected chi connectivity index (χ3v) is 5.56. The molecule has 4 heterocycles. The highest BCUT2D eigenvalue weighted by atomic mass is 16.5. The average Bonchev–Trinajstić information content (AvgIpc) is 3.18. The van der Waals surface area contributed by atoms with Crippen LogP contribution in [0.25, 0.3) is 0 Å². The van der Waals surface area contributed by atoms with E-state index in [9.17, 15) is 4.79 Å². The Morgan fingerprint density at radius 3 is 3.04 bits per heavy atom. The van der Waals surface area contributed by atoms with Gasteiger partial charge in [-0.25, -0.2) is 4.79 Å². The van der Waals surface area contributed by atoms with Crippen LogP contribution in [-0.4, -0.2) is 21.6 Å². The first-order valence-electron chi connectivity index (χ1n) is 8.19. The smallest absolute Gasteiger partial charge is 0.352 e. The van der Waals surface area contributed by atoms with E-state index < -0.39 is 0 Å². The maximum absolute atomic E-state index is 12.3. The molecule has 6 rings (SSSR count). The molecule has 0 unspecified atom stereocenters. The summed E-state index contributed by atoms with van der Waals surface area (Å²) in [4.78, 5) is 18.8. The molecule has 4 aliphatic rings. The molecule has 0 N–H and O–H groups in total. The molecule has 1 aliphatic carbocycles. The first kappa shape index (κ1) is 13.6. The first-order chi connectivity index (χ1) is 11.7. The van der Waals surface area contributed by atoms with E-state index in [1.165, 1.54) is 12.8 Å². The minimum atomic E-state index is -0.247. The molecule has 1 aromatic carbocycles. The number of benzene rings is 1. The van der Waals surface area contributed by atoms with E-state index in [-0.39, 0.29) is 17.8 Å². The largest absolute Gasteiger partial charge is 0.473 e. The van der Waals surface area contributed by atoms with Crippen LogP contribution >= 0.6 is 0 Å². The molecule has 120 valence electrons. The van der Waals surface area contributed by atoms with Crippen LogP contribution in [0.1, 0.15) is 24.0 Å². The van der Waals surface area contributed by atoms with Gasteiger partial charge < -0.3 is 9.64 Å². The summed E-state index contributed by atoms with van der Waals surface area (Å²) in [5, 5.41) is 9.14. The van der Waals surface area contributed by atoms with Crippen molar-refractivity contribution in [3.8, 4) is 11.9 Å². The molecule has 1 aromatic heterocycles. The van der Waals surface area contributed by atoms with Gasteiger partial charge in [-0.15, -0.1) is 0 Å². The molecule has 2 saturated heterocycles. The number of hydrogen-bond donors (Lipinski definition) is 0. The minimum Gasteiger partial charge on any atom is -0.473 e. The molecule has 24 heavy (non-hydrogen) atoms. The molecule has 0 radical (unpaired) electrons. The second-order valence-corrected chi connectivity index (χ2v) is 6.99. The number of fused-ring (bicyclic) bond motifs is 1. The molecular formula is C18H16N4O2. The molecule has 1 spiro atoms. The van der Waals surface area contributed by atoms with Gasteiger partial charge in [0.25, 0.3) is 0 Å². The summed E-state index contributed by atoms with van der Waals surface area (Å²) in [6.07, 6.45) is 2.36. The van der Waals surface area contributed by atoms with E-state index in [4.69, 9.17) is 10.00 Å². The monoisotopic (exact) mass is 320 g/mol. The topological polar surface area (TPSA) is 71.1 Å². The third-order valence-electron chi connectivity index (χ3n) is 5.56. The summed E-state index contributed by atoms with van der Waals surface area (Å²) < 4.78 is 7.50. The zero-order chi connectivity index (χ0) is 16.3. The molecule has 0 atom stereocenters. The molecule has 0 amide bonds. The molecule has 2 bridgehead atoms. The van der Waals surface area contributed by atoms with E-state index in [0.717, 1.165) is 30.4 Å². The standard InChI is InChI=1S/C18H16N4O2/c19-8-13-3-1-2-4-14(13)10-24-15-5-16-21(17(23)20-15)11-18-6-12(7-18)9-22(16)18/h1-5,12H,6-7,9-11H2. The fraction of sp³-hybridized carbons (Fsp3) is 0.389. The Labute approximate surface area is 138 Å². The van der Waals surface area contributed by atoms with Crippen molar-refractivity contribution in [1.29, 1.82) is 5.26 Å². The number of rotatable bonds is 3. The Balaban J connectivity index is 1.44. The van der Waals surface area contributed by atoms with Crippen molar-refractivity contribution in [2.24, 2.45) is 5.92 Å². The Morgan fingerprint density at radius 2 is 2.21 bits per heavy atom. The number of nitrogens with zero attached hydrogens (tertiary/aromatic N) is 4. The zero-order valence-electron chi connectivity index (χ0n) is 13.1. The number of aromatic nitrogens is 2. The lowest BCUT2D eigenvalue weighted by molar-refractivity contribution is 0.229. The lowest BCUT2D eigenvalue weighted by Gasteiger charge is -2.37. The van der Waals surface area contributed by atoms with Crippen LogP contribution in [0.3, 0.4) is 0 Å². The van der Waals surface area contributed by atoms with Crippen LogP contribution in [0.2, 0.25) is 0 Å². The van der Waals surface area contributed by atoms with E-state index in [0.29, 0.717) is 11.4 Å². The predicted octanol–water partition coefficient (Wildman–Crippen LogP) is 1.68. The van der Waals surface area contributed by atoms with Crippen LogP contribution in [0.4, 0.5) is 5.82 Å². The Kier molecular flexibility index (Phi) is 2.61. The Bertz CT molecular complexity index is 937. The molecule has 3 fully saturated rings. The molecule has 6 nitrogen and oxygen atoms in total. The van der Waals surface area contributed by atoms with Gasteiger partial charge in [-0.2, -0.15) is 10.2 Å². The summed E-state index contributed by atoms with van der Waals surface area (Å²) in [5.74, 6) is 2.03. The maximum atomic E-state index is 12.3. The molecular weight excluding hydrogens is 304 g/mol. The van der Waals surface area contributed by atoms with Gasteiger partial charge in [0.1, 0.15) is 12.4 Å². The molecule has 1 saturated carbocycles. The summed E-state index contributed by atoms with van der Waals surface area (Å²) in [6.45, 7) is 2.01. The Hall–Kier alpha value is -2.81. The maximum Gasteiger partial charge on any atom is 0.352 e. The van der Waals surface area contributed by atoms with Crippen molar-refractivity contribution in [1.82, 2.24) is 9.55 Å². The van der Waals surface area contributed by atoms with E-state index in [1.807, 2.05) is 24.3 Å². The van der Waals surface area contributed by atoms with Gasteiger partial charge in [-0.05, 0) is 24.8 Å². The van der Waals surface area contributed by atoms with E-state index in [1.54, 1.807) is 10.6 Å². The van der Waals surface area contributed by atoms with E-state index in [2.05, 4.69) is 16.0 Å². The van der Waals surface area contributed by atoms with E-state index >= 15 is 0 Å². The molecule has 6 heteroatoms. The highest BCUT2D eigenvalue weighted by Crippen LogP contribution is 2.56. The number of nitriles is 1. The molecule has 2 aromatic rings. The second kappa shape index (κ2) is 4.60. The lowest BCUT2D eigenvalue weighted by Crippen LogP contribution is -2.44. The van der Waals surface area contributed by atoms with Crippen molar-refractivity contribution >= 4 is 5.82 Å². The quantitative estimate of drug-likeness (QED) is 0.860. The SMILES string of the molecule is N#Cc1ccccc1COc1cc2n(c(=O)n1)CC13CC(CN21)C3. The van der Waals surface area contributed by atoms with Crippen LogP contribution in [-0.2, 0) is 13.2 Å². The fourth-order valence-electron chi connectivity index (χ4n) is 4.49. The second-order valence-electron chi connectivity index (χ2n) is 6.99. The molecule has 3 aliphatic heterocycles. The first-order valence-corrected chi connectivity index (χ1v) is 8.19. The average molecular weight is 320 g/mol. The van der Waals surface area contributed by atoms with Crippen molar-refractivity contribution < 1.29 is 4.74 Å². The van der Waals surface area contributed by atoms with Gasteiger partial charge >= 0.3 is 5.69 Å². The normalized spacial score (nSPS) is 25.6. The number of ether oxygens (including phenoxy) is 1. The fourth-order valence-corrected chi connectivity index (χ4v) is 4.49. The Morgan fingerprint density at radius 1 is 1.38 bits per heavy atom. The summed E-state index contributed by atoms with van der Waals surface area (Å²) in [6, 6.07) is 11.3. The van der Waals surface area contributed by atoms with Crippen LogP contribution < -0.4 is 15.3 Å². The van der Waals surface area contributed by atoms with Crippen LogP contribution in [0, 0.1) is 17.2 Å². The lowest BCUT2D eigenvalue weighted by atomic mass is 9.74. The predicted molar refractivity (Wildman–Crippen MR) is 86.8 cm³/mol. The van der Waals surface area contributed by atoms with Gasteiger partial charge in [0.15, 0.2) is 0 Å². The number of hydrogen-bond acceptors (Lipinski definition) is 5. The van der Waals surface area contributed by atoms with Gasteiger partial charge in [0, 0.05) is 18.2 Å². The van der Waals surface area contributed by atoms with Crippen molar-refractivity contribution in [3.05, 3.63) is 51.9 Å². The third kappa shape index (κ3) is 1.75. The highest BCUT2D eigenvalue weighted by Gasteiger charge is 2.60. The van der Waals surface area contributed by atoms with Crippen molar-refractivity contribution in [3.63, 3.8) is 0 Å². The highest BCUT2D eigenvalue weighted by molar-refractivity contribution is 5.54. The van der Waals surface area contributed by atoms with Crippen LogP contribution in [0.5, 0.6) is 5.88 Å². The summed E-state index contributed by atoms with van der Waals surface area (Å²) >= 11 is 0. The van der Waals surface area contributed by atoms with Gasteiger partial charge in [0.05, 0.1) is 23.7 Å². The van der Waals surface area contributed by atoms with Crippen molar-refractivity contribution in [2.75, 3.05) is 11.4 Å². The van der Waals surface area contributed by atoms with Gasteiger partial charge in [0.2, 0.25) is 5.88 Å². The van der Waals surface area contributed by atoms with Crippen molar-refractivity contribution in [2.45, 2.75) is 31.5 Å². The number of anilines is 1. The van der Waals surface area contributed by atoms with Gasteiger partial charge in [-0.1, -0.05) is 18.2 Å². The summed E-state index contributed by atoms with van der Waals surface area (Å²) in [5.41, 5.74) is 1.28. The van der Waals surface area contributed by atoms with Gasteiger partial charge in [-0.3, -0.25) is 4.57 Å². The zero-order valence-corrected chi connectivity index (χ0v) is 13.1. The van der Waals surface area contributed by atoms with Crippen LogP contribution in [0.15, 0.2) is 35.1 Å².